The molecule has 1 atom stereocenters. The molecule has 0 bridgehead atoms. The molecule has 0 amide bonds. The highest BCUT2D eigenvalue weighted by Crippen LogP contribution is 2.00. The molecule has 0 aromatic carbocycles. The highest BCUT2D eigenvalue weighted by molar-refractivity contribution is 5.73. The Hall–Kier alpha value is -0.570. The van der Waals surface area contributed by atoms with Gasteiger partial charge in [-0.1, -0.05) is 20.8 Å². The molecule has 2 N–H and O–H groups in total. The van der Waals surface area contributed by atoms with Crippen molar-refractivity contribution in [2.24, 2.45) is 5.92 Å². The maximum absolute atomic E-state index is 10.5. The molecule has 0 aliphatic heterocycles. The molecule has 0 saturated heterocycles. The van der Waals surface area contributed by atoms with E-state index in [9.17, 15) is 4.79 Å². The van der Waals surface area contributed by atoms with E-state index in [2.05, 4.69) is 5.32 Å². The molecule has 10 heavy (non-hydrogen) atoms. The molecule has 3 heteroatoms. The van der Waals surface area contributed by atoms with E-state index in [-0.39, 0.29) is 5.92 Å². The lowest BCUT2D eigenvalue weighted by atomic mass is 10.1. The zero-order valence-corrected chi connectivity index (χ0v) is 6.72. The third kappa shape index (κ3) is 2.82. The van der Waals surface area contributed by atoms with Crippen LogP contribution in [-0.4, -0.2) is 23.7 Å². The Morgan fingerprint density at radius 1 is 1.60 bits per heavy atom. The SMILES string of the molecule is CCN[C@@H](C(=O)O)C(C)C. The summed E-state index contributed by atoms with van der Waals surface area (Å²) in [5, 5.41) is 11.5. The van der Waals surface area contributed by atoms with Gasteiger partial charge in [0.15, 0.2) is 0 Å². The van der Waals surface area contributed by atoms with Gasteiger partial charge in [0.2, 0.25) is 0 Å². The summed E-state index contributed by atoms with van der Waals surface area (Å²) in [5.41, 5.74) is 0. The molecule has 0 aliphatic rings. The first-order chi connectivity index (χ1) is 4.59. The molecule has 0 radical (unpaired) electrons. The molecule has 0 fully saturated rings. The highest BCUT2D eigenvalue weighted by atomic mass is 16.4. The van der Waals surface area contributed by atoms with Crippen LogP contribution in [0.2, 0.25) is 0 Å². The van der Waals surface area contributed by atoms with E-state index in [0.29, 0.717) is 6.54 Å². The fourth-order valence-electron chi connectivity index (χ4n) is 0.828. The fraction of sp³-hybridized carbons (Fsp3) is 0.857. The third-order valence-electron chi connectivity index (χ3n) is 1.36. The summed E-state index contributed by atoms with van der Waals surface area (Å²) in [5.74, 6) is -0.616. The van der Waals surface area contributed by atoms with E-state index < -0.39 is 12.0 Å². The van der Waals surface area contributed by atoms with Crippen LogP contribution in [0.5, 0.6) is 0 Å². The van der Waals surface area contributed by atoms with Crippen molar-refractivity contribution in [2.45, 2.75) is 26.8 Å². The van der Waals surface area contributed by atoms with Gasteiger partial charge in [0.05, 0.1) is 0 Å². The van der Waals surface area contributed by atoms with Crippen LogP contribution >= 0.6 is 0 Å². The topological polar surface area (TPSA) is 49.3 Å². The fourth-order valence-corrected chi connectivity index (χ4v) is 0.828. The van der Waals surface area contributed by atoms with Crippen molar-refractivity contribution in [3.63, 3.8) is 0 Å². The van der Waals surface area contributed by atoms with Crippen LogP contribution in [0.4, 0.5) is 0 Å². The lowest BCUT2D eigenvalue weighted by Gasteiger charge is -2.15. The van der Waals surface area contributed by atoms with Gasteiger partial charge in [-0.25, -0.2) is 0 Å². The zero-order valence-electron chi connectivity index (χ0n) is 6.72. The van der Waals surface area contributed by atoms with Crippen molar-refractivity contribution >= 4 is 5.97 Å². The molecule has 0 unspecified atom stereocenters. The lowest BCUT2D eigenvalue weighted by Crippen LogP contribution is -2.40. The molecule has 0 heterocycles. The van der Waals surface area contributed by atoms with Gasteiger partial charge >= 0.3 is 5.97 Å². The van der Waals surface area contributed by atoms with Gasteiger partial charge < -0.3 is 10.4 Å². The minimum atomic E-state index is -0.767. The second-order valence-corrected chi connectivity index (χ2v) is 2.62. The molecule has 0 aliphatic carbocycles. The van der Waals surface area contributed by atoms with E-state index in [1.165, 1.54) is 0 Å². The molecule has 0 saturated carbocycles. The van der Waals surface area contributed by atoms with Crippen molar-refractivity contribution in [3.8, 4) is 0 Å². The summed E-state index contributed by atoms with van der Waals surface area (Å²) in [6.45, 7) is 6.39. The van der Waals surface area contributed by atoms with Crippen molar-refractivity contribution in [2.75, 3.05) is 6.54 Å². The standard InChI is InChI=1S/C7H15NO2/c1-4-8-6(5(2)3)7(9)10/h5-6,8H,4H2,1-3H3,(H,9,10)/t6-/m1/s1. The van der Waals surface area contributed by atoms with Gasteiger partial charge in [0.25, 0.3) is 0 Å². The number of nitrogens with one attached hydrogen (secondary N) is 1. The molecular weight excluding hydrogens is 130 g/mol. The number of hydrogen-bond donors (Lipinski definition) is 2. The van der Waals surface area contributed by atoms with E-state index >= 15 is 0 Å². The Bertz CT molecular complexity index is 112. The van der Waals surface area contributed by atoms with Gasteiger partial charge in [-0.15, -0.1) is 0 Å². The Balaban J connectivity index is 3.85. The second-order valence-electron chi connectivity index (χ2n) is 2.62. The summed E-state index contributed by atoms with van der Waals surface area (Å²) in [4.78, 5) is 10.5. The number of carboxylic acid groups (broad SMARTS) is 1. The van der Waals surface area contributed by atoms with Gasteiger partial charge in [-0.05, 0) is 12.5 Å². The summed E-state index contributed by atoms with van der Waals surface area (Å²) < 4.78 is 0. The first kappa shape index (κ1) is 9.43. The van der Waals surface area contributed by atoms with E-state index in [1.807, 2.05) is 20.8 Å². The van der Waals surface area contributed by atoms with E-state index in [1.54, 1.807) is 0 Å². The van der Waals surface area contributed by atoms with E-state index in [4.69, 9.17) is 5.11 Å². The van der Waals surface area contributed by atoms with Gasteiger partial charge in [-0.3, -0.25) is 4.79 Å². The number of carboxylic acids is 1. The Kier molecular flexibility index (Phi) is 4.03. The summed E-state index contributed by atoms with van der Waals surface area (Å²) in [6.07, 6.45) is 0. The molecular formula is C7H15NO2. The molecule has 0 spiro atoms. The first-order valence-corrected chi connectivity index (χ1v) is 3.55. The van der Waals surface area contributed by atoms with Crippen LogP contribution in [0.15, 0.2) is 0 Å². The highest BCUT2D eigenvalue weighted by Gasteiger charge is 2.18. The Morgan fingerprint density at radius 3 is 2.20 bits per heavy atom. The largest absolute Gasteiger partial charge is 0.480 e. The number of hydrogen-bond acceptors (Lipinski definition) is 2. The molecule has 3 nitrogen and oxygen atoms in total. The smallest absolute Gasteiger partial charge is 0.320 e. The molecule has 60 valence electrons. The van der Waals surface area contributed by atoms with E-state index in [0.717, 1.165) is 0 Å². The number of rotatable bonds is 4. The van der Waals surface area contributed by atoms with Crippen LogP contribution in [0.3, 0.4) is 0 Å². The number of likely N-dealkylation sites (N-methyl/N-ethyl adjacent to an activating group) is 1. The molecule has 0 aromatic heterocycles. The average molecular weight is 145 g/mol. The second kappa shape index (κ2) is 4.28. The van der Waals surface area contributed by atoms with Crippen LogP contribution in [-0.2, 0) is 4.79 Å². The maximum Gasteiger partial charge on any atom is 0.320 e. The minimum Gasteiger partial charge on any atom is -0.480 e. The Morgan fingerprint density at radius 2 is 2.10 bits per heavy atom. The third-order valence-corrected chi connectivity index (χ3v) is 1.36. The Labute approximate surface area is 61.4 Å². The predicted octanol–water partition coefficient (Wildman–Crippen LogP) is 0.705. The van der Waals surface area contributed by atoms with Crippen LogP contribution < -0.4 is 5.32 Å². The molecule has 0 aromatic rings. The van der Waals surface area contributed by atoms with Crippen molar-refractivity contribution in [3.05, 3.63) is 0 Å². The van der Waals surface area contributed by atoms with Gasteiger partial charge in [0.1, 0.15) is 6.04 Å². The summed E-state index contributed by atoms with van der Waals surface area (Å²) >= 11 is 0. The zero-order chi connectivity index (χ0) is 8.15. The van der Waals surface area contributed by atoms with Crippen LogP contribution in [0, 0.1) is 5.92 Å². The maximum atomic E-state index is 10.5. The van der Waals surface area contributed by atoms with Crippen molar-refractivity contribution in [1.29, 1.82) is 0 Å². The quantitative estimate of drug-likeness (QED) is 0.612. The monoisotopic (exact) mass is 145 g/mol. The predicted molar refractivity (Wildman–Crippen MR) is 39.9 cm³/mol. The average Bonchev–Trinajstić information content (AvgIpc) is 1.81. The van der Waals surface area contributed by atoms with Crippen molar-refractivity contribution in [1.82, 2.24) is 5.32 Å². The normalized spacial score (nSPS) is 13.6. The van der Waals surface area contributed by atoms with Gasteiger partial charge in [-0.2, -0.15) is 0 Å². The lowest BCUT2D eigenvalue weighted by molar-refractivity contribution is -0.140. The molecule has 0 rings (SSSR count). The van der Waals surface area contributed by atoms with Gasteiger partial charge in [0, 0.05) is 0 Å². The minimum absolute atomic E-state index is 0.150. The van der Waals surface area contributed by atoms with Crippen molar-refractivity contribution < 1.29 is 9.90 Å². The number of carbonyl (C=O) groups is 1. The summed E-state index contributed by atoms with van der Waals surface area (Å²) in [6, 6.07) is -0.398. The summed E-state index contributed by atoms with van der Waals surface area (Å²) in [7, 11) is 0. The number of aliphatic carboxylic acids is 1. The van der Waals surface area contributed by atoms with Crippen LogP contribution in [0.25, 0.3) is 0 Å². The first-order valence-electron chi connectivity index (χ1n) is 3.55. The van der Waals surface area contributed by atoms with Crippen LogP contribution in [0.1, 0.15) is 20.8 Å².